The number of hydrogen-bond acceptors (Lipinski definition) is 2. The van der Waals surface area contributed by atoms with Crippen LogP contribution < -0.4 is 19.7 Å². The van der Waals surface area contributed by atoms with Crippen LogP contribution in [0.5, 0.6) is 11.5 Å². The Morgan fingerprint density at radius 1 is 1.19 bits per heavy atom. The lowest BCUT2D eigenvalue weighted by Crippen LogP contribution is -3.16. The molecule has 4 atom stereocenters. The molecule has 0 radical (unpaired) electrons. The third-order valence-electron chi connectivity index (χ3n) is 4.95. The van der Waals surface area contributed by atoms with Crippen molar-refractivity contribution in [1.29, 1.82) is 0 Å². The van der Waals surface area contributed by atoms with Crippen molar-refractivity contribution in [3.63, 3.8) is 0 Å². The summed E-state index contributed by atoms with van der Waals surface area (Å²) in [5, 5.41) is 2.49. The molecule has 21 heavy (non-hydrogen) atoms. The minimum absolute atomic E-state index is 0.719. The number of quaternary nitrogens is 2. The van der Waals surface area contributed by atoms with E-state index in [1.807, 2.05) is 6.07 Å². The fourth-order valence-electron chi connectivity index (χ4n) is 3.33. The fourth-order valence-corrected chi connectivity index (χ4v) is 3.33. The van der Waals surface area contributed by atoms with E-state index >= 15 is 0 Å². The molecule has 1 aliphatic heterocycles. The highest BCUT2D eigenvalue weighted by Crippen LogP contribution is 2.27. The summed E-state index contributed by atoms with van der Waals surface area (Å²) < 4.78 is 10.7. The van der Waals surface area contributed by atoms with E-state index in [-0.39, 0.29) is 0 Å². The Balaban J connectivity index is 1.96. The second-order valence-electron chi connectivity index (χ2n) is 6.46. The van der Waals surface area contributed by atoms with E-state index in [0.29, 0.717) is 0 Å². The minimum Gasteiger partial charge on any atom is -0.493 e. The van der Waals surface area contributed by atoms with Crippen molar-refractivity contribution in [2.75, 3.05) is 27.8 Å². The summed E-state index contributed by atoms with van der Waals surface area (Å²) in [5.41, 5.74) is 1.29. The van der Waals surface area contributed by atoms with Gasteiger partial charge in [-0.1, -0.05) is 6.92 Å². The molecular weight excluding hydrogens is 264 g/mol. The van der Waals surface area contributed by atoms with E-state index in [2.05, 4.69) is 38.3 Å². The molecule has 1 unspecified atom stereocenters. The molecule has 3 N–H and O–H groups in total. The van der Waals surface area contributed by atoms with Crippen LogP contribution in [-0.4, -0.2) is 39.9 Å². The number of piperidine rings is 1. The van der Waals surface area contributed by atoms with Gasteiger partial charge in [0.25, 0.3) is 0 Å². The quantitative estimate of drug-likeness (QED) is 0.807. The molecule has 2 rings (SSSR count). The van der Waals surface area contributed by atoms with Gasteiger partial charge in [0, 0.05) is 5.56 Å². The lowest BCUT2D eigenvalue weighted by Gasteiger charge is -2.35. The Morgan fingerprint density at radius 2 is 1.90 bits per heavy atom. The lowest BCUT2D eigenvalue weighted by atomic mass is 9.89. The maximum absolute atomic E-state index is 5.38. The van der Waals surface area contributed by atoms with Crippen molar-refractivity contribution in [3.05, 3.63) is 23.8 Å². The predicted octanol–water partition coefficient (Wildman–Crippen LogP) is 0.0788. The second kappa shape index (κ2) is 7.14. The maximum atomic E-state index is 5.38. The van der Waals surface area contributed by atoms with Gasteiger partial charge in [0.1, 0.15) is 6.54 Å². The van der Waals surface area contributed by atoms with Gasteiger partial charge in [-0.05, 0) is 25.1 Å². The zero-order valence-electron chi connectivity index (χ0n) is 14.0. The van der Waals surface area contributed by atoms with E-state index in [0.717, 1.165) is 36.0 Å². The van der Waals surface area contributed by atoms with Gasteiger partial charge in [0.2, 0.25) is 0 Å². The fraction of sp³-hybridized carbons (Fsp3) is 0.647. The first-order valence-corrected chi connectivity index (χ1v) is 7.91. The normalized spacial score (nSPS) is 29.2. The van der Waals surface area contributed by atoms with Crippen molar-refractivity contribution in [2.24, 2.45) is 5.92 Å². The molecule has 1 aromatic carbocycles. The Bertz CT molecular complexity index is 464. The average Bonchev–Trinajstić information content (AvgIpc) is 2.49. The van der Waals surface area contributed by atoms with Crippen molar-refractivity contribution < 1.29 is 19.7 Å². The molecule has 118 valence electrons. The topological polar surface area (TPSA) is 39.5 Å². The Hall–Kier alpha value is -1.26. The standard InChI is InChI=1S/C17H28N2O2/c1-12-11-19(3)13(2)8-15(12)18-10-14-6-7-16(20-4)17(9-14)21-5/h6-7,9,12-13,15,18H,8,10-11H2,1-5H3/p+2/t12-,13-,15-/m1/s1. The Kier molecular flexibility index (Phi) is 5.48. The highest BCUT2D eigenvalue weighted by atomic mass is 16.5. The van der Waals surface area contributed by atoms with Gasteiger partial charge in [-0.25, -0.2) is 0 Å². The predicted molar refractivity (Wildman–Crippen MR) is 84.0 cm³/mol. The molecule has 0 amide bonds. The zero-order valence-corrected chi connectivity index (χ0v) is 14.0. The number of methoxy groups -OCH3 is 2. The molecule has 1 heterocycles. The molecule has 1 fully saturated rings. The first-order chi connectivity index (χ1) is 10.0. The number of benzene rings is 1. The van der Waals surface area contributed by atoms with E-state index in [1.165, 1.54) is 18.5 Å². The summed E-state index contributed by atoms with van der Waals surface area (Å²) in [5.74, 6) is 2.38. The monoisotopic (exact) mass is 294 g/mol. The number of nitrogens with one attached hydrogen (secondary N) is 1. The molecule has 0 aromatic heterocycles. The Labute approximate surface area is 128 Å². The molecule has 1 aromatic rings. The van der Waals surface area contributed by atoms with Crippen molar-refractivity contribution >= 4 is 0 Å². The van der Waals surface area contributed by atoms with Crippen LogP contribution >= 0.6 is 0 Å². The van der Waals surface area contributed by atoms with Gasteiger partial charge in [-0.3, -0.25) is 0 Å². The molecular formula is C17H30N2O2+2. The van der Waals surface area contributed by atoms with Gasteiger partial charge >= 0.3 is 0 Å². The number of ether oxygens (including phenoxy) is 2. The first-order valence-electron chi connectivity index (χ1n) is 7.91. The summed E-state index contributed by atoms with van der Waals surface area (Å²) in [6.07, 6.45) is 1.29. The molecule has 0 aliphatic carbocycles. The van der Waals surface area contributed by atoms with Crippen LogP contribution in [0.25, 0.3) is 0 Å². The van der Waals surface area contributed by atoms with Crippen LogP contribution in [0.3, 0.4) is 0 Å². The molecule has 0 saturated carbocycles. The van der Waals surface area contributed by atoms with Crippen molar-refractivity contribution in [2.45, 2.75) is 38.9 Å². The lowest BCUT2D eigenvalue weighted by molar-refractivity contribution is -0.923. The van der Waals surface area contributed by atoms with Crippen molar-refractivity contribution in [1.82, 2.24) is 0 Å². The van der Waals surface area contributed by atoms with Gasteiger partial charge in [0.05, 0.1) is 52.2 Å². The van der Waals surface area contributed by atoms with E-state index in [1.54, 1.807) is 19.1 Å². The van der Waals surface area contributed by atoms with Crippen LogP contribution in [-0.2, 0) is 6.54 Å². The Morgan fingerprint density at radius 3 is 2.57 bits per heavy atom. The maximum Gasteiger partial charge on any atom is 0.161 e. The molecule has 4 heteroatoms. The van der Waals surface area contributed by atoms with E-state index < -0.39 is 0 Å². The SMILES string of the molecule is COc1ccc(C[NH2+][C@@H]2C[C@@H](C)[NH+](C)C[C@H]2C)cc1OC. The third-order valence-corrected chi connectivity index (χ3v) is 4.95. The summed E-state index contributed by atoms with van der Waals surface area (Å²) in [7, 11) is 5.67. The highest BCUT2D eigenvalue weighted by molar-refractivity contribution is 5.42. The minimum atomic E-state index is 0.719. The van der Waals surface area contributed by atoms with Crippen LogP contribution in [0.2, 0.25) is 0 Å². The molecule has 0 spiro atoms. The van der Waals surface area contributed by atoms with E-state index in [4.69, 9.17) is 9.47 Å². The largest absolute Gasteiger partial charge is 0.493 e. The zero-order chi connectivity index (χ0) is 15.4. The van der Waals surface area contributed by atoms with Crippen LogP contribution in [0.1, 0.15) is 25.8 Å². The first kappa shape index (κ1) is 16.1. The van der Waals surface area contributed by atoms with Gasteiger partial charge in [-0.15, -0.1) is 0 Å². The average molecular weight is 294 g/mol. The summed E-state index contributed by atoms with van der Waals surface area (Å²) in [6.45, 7) is 7.01. The van der Waals surface area contributed by atoms with E-state index in [9.17, 15) is 0 Å². The molecule has 0 bridgehead atoms. The number of nitrogens with two attached hydrogens (primary N) is 1. The number of likely N-dealkylation sites (tertiary alicyclic amines) is 1. The molecule has 1 saturated heterocycles. The summed E-state index contributed by atoms with van der Waals surface area (Å²) in [6, 6.07) is 7.69. The van der Waals surface area contributed by atoms with Gasteiger partial charge in [0.15, 0.2) is 11.5 Å². The summed E-state index contributed by atoms with van der Waals surface area (Å²) >= 11 is 0. The van der Waals surface area contributed by atoms with Crippen LogP contribution in [0, 0.1) is 5.92 Å². The summed E-state index contributed by atoms with van der Waals surface area (Å²) in [4.78, 5) is 1.67. The molecule has 4 nitrogen and oxygen atoms in total. The van der Waals surface area contributed by atoms with Crippen LogP contribution in [0.15, 0.2) is 18.2 Å². The molecule has 1 aliphatic rings. The van der Waals surface area contributed by atoms with Gasteiger partial charge in [-0.2, -0.15) is 0 Å². The number of rotatable bonds is 5. The van der Waals surface area contributed by atoms with Crippen molar-refractivity contribution in [3.8, 4) is 11.5 Å². The highest BCUT2D eigenvalue weighted by Gasteiger charge is 2.34. The van der Waals surface area contributed by atoms with Gasteiger partial charge < -0.3 is 19.7 Å². The second-order valence-corrected chi connectivity index (χ2v) is 6.46. The number of hydrogen-bond donors (Lipinski definition) is 2. The third kappa shape index (κ3) is 3.89. The van der Waals surface area contributed by atoms with Crippen LogP contribution in [0.4, 0.5) is 0 Å². The smallest absolute Gasteiger partial charge is 0.161 e.